The van der Waals surface area contributed by atoms with Gasteiger partial charge in [0.05, 0.1) is 5.02 Å². The molecule has 1 atom stereocenters. The largest absolute Gasteiger partial charge is 0.482 e. The lowest BCUT2D eigenvalue weighted by Crippen LogP contribution is -2.31. The molecule has 2 rings (SSSR count). The normalized spacial score (nSPS) is 11.5. The van der Waals surface area contributed by atoms with Gasteiger partial charge in [0, 0.05) is 6.20 Å². The molecule has 0 aliphatic heterocycles. The van der Waals surface area contributed by atoms with Gasteiger partial charge in [-0.05, 0) is 43.2 Å². The molecule has 0 saturated carbocycles. The molecule has 6 nitrogen and oxygen atoms in total. The molecule has 1 unspecified atom stereocenters. The summed E-state index contributed by atoms with van der Waals surface area (Å²) in [5, 5.41) is 2.99. The van der Waals surface area contributed by atoms with Gasteiger partial charge in [-0.25, -0.2) is 9.78 Å². The van der Waals surface area contributed by atoms with Crippen LogP contribution in [0.2, 0.25) is 5.02 Å². The van der Waals surface area contributed by atoms with Gasteiger partial charge in [-0.15, -0.1) is 0 Å². The lowest BCUT2D eigenvalue weighted by molar-refractivity contribution is -0.155. The zero-order valence-electron chi connectivity index (χ0n) is 14.0. The van der Waals surface area contributed by atoms with Gasteiger partial charge in [0.25, 0.3) is 5.91 Å². The summed E-state index contributed by atoms with van der Waals surface area (Å²) in [5.41, 5.74) is 1.18. The number of benzene rings is 1. The van der Waals surface area contributed by atoms with Crippen molar-refractivity contribution in [3.63, 3.8) is 0 Å². The smallest absolute Gasteiger partial charge is 0.344 e. The Hall–Kier alpha value is -2.60. The molecule has 132 valence electrons. The maximum atomic E-state index is 12.0. The summed E-state index contributed by atoms with van der Waals surface area (Å²) in [4.78, 5) is 27.7. The number of carbonyl (C=O) groups is 2. The van der Waals surface area contributed by atoms with Crippen LogP contribution in [0.3, 0.4) is 0 Å². The average molecular weight is 363 g/mol. The van der Waals surface area contributed by atoms with Crippen molar-refractivity contribution in [3.05, 3.63) is 53.2 Å². The number of carbonyl (C=O) groups excluding carboxylic acids is 2. The quantitative estimate of drug-likeness (QED) is 0.765. The molecule has 0 radical (unpaired) electrons. The average Bonchev–Trinajstić information content (AvgIpc) is 2.62. The molecule has 0 aliphatic carbocycles. The van der Waals surface area contributed by atoms with Crippen molar-refractivity contribution in [2.45, 2.75) is 26.4 Å². The highest BCUT2D eigenvalue weighted by Crippen LogP contribution is 2.13. The first kappa shape index (κ1) is 18.7. The maximum absolute atomic E-state index is 12.0. The summed E-state index contributed by atoms with van der Waals surface area (Å²) in [6.45, 7) is 3.25. The fourth-order valence-electron chi connectivity index (χ4n) is 1.93. The molecule has 1 N–H and O–H groups in total. The third kappa shape index (κ3) is 6.08. The molecule has 1 aromatic heterocycles. The van der Waals surface area contributed by atoms with Gasteiger partial charge in [-0.2, -0.15) is 0 Å². The van der Waals surface area contributed by atoms with E-state index in [1.165, 1.54) is 18.7 Å². The Morgan fingerprint density at radius 1 is 1.20 bits per heavy atom. The van der Waals surface area contributed by atoms with E-state index in [1.807, 2.05) is 12.1 Å². The van der Waals surface area contributed by atoms with Gasteiger partial charge in [0.1, 0.15) is 11.6 Å². The predicted octanol–water partition coefficient (Wildman–Crippen LogP) is 3.25. The van der Waals surface area contributed by atoms with E-state index in [-0.39, 0.29) is 6.61 Å². The van der Waals surface area contributed by atoms with Crippen LogP contribution in [0.15, 0.2) is 42.6 Å². The number of hydrogen-bond acceptors (Lipinski definition) is 5. The number of hydrogen-bond donors (Lipinski definition) is 1. The molecule has 1 amide bonds. The van der Waals surface area contributed by atoms with E-state index in [0.717, 1.165) is 6.42 Å². The molecular weight excluding hydrogens is 344 g/mol. The van der Waals surface area contributed by atoms with Gasteiger partial charge >= 0.3 is 5.97 Å². The predicted molar refractivity (Wildman–Crippen MR) is 94.7 cm³/mol. The molecule has 0 aliphatic rings. The minimum Gasteiger partial charge on any atom is -0.482 e. The number of nitrogens with zero attached hydrogens (tertiary/aromatic N) is 1. The summed E-state index contributed by atoms with van der Waals surface area (Å²) < 4.78 is 10.4. The minimum atomic E-state index is -0.976. The molecule has 1 heterocycles. The summed E-state index contributed by atoms with van der Waals surface area (Å²) in [6.07, 6.45) is 1.36. The molecule has 25 heavy (non-hydrogen) atoms. The Kier molecular flexibility index (Phi) is 6.77. The van der Waals surface area contributed by atoms with Crippen molar-refractivity contribution in [3.8, 4) is 5.75 Å². The monoisotopic (exact) mass is 362 g/mol. The number of nitrogens with one attached hydrogen (secondary N) is 1. The Morgan fingerprint density at radius 3 is 2.52 bits per heavy atom. The van der Waals surface area contributed by atoms with Gasteiger partial charge in [-0.1, -0.05) is 30.7 Å². The van der Waals surface area contributed by atoms with Crippen molar-refractivity contribution in [1.82, 2.24) is 4.98 Å². The fourth-order valence-corrected chi connectivity index (χ4v) is 2.04. The first-order valence-electron chi connectivity index (χ1n) is 7.81. The number of amides is 1. The zero-order chi connectivity index (χ0) is 18.2. The number of ether oxygens (including phenoxy) is 2. The molecule has 0 bridgehead atoms. The SMILES string of the molecule is CCc1ccc(OCC(=O)OC(C)C(=O)Nc2ccc(Cl)cn2)cc1. The highest BCUT2D eigenvalue weighted by Gasteiger charge is 2.18. The van der Waals surface area contributed by atoms with Crippen LogP contribution in [-0.4, -0.2) is 29.6 Å². The molecule has 0 saturated heterocycles. The van der Waals surface area contributed by atoms with E-state index in [2.05, 4.69) is 17.2 Å². The number of aromatic nitrogens is 1. The van der Waals surface area contributed by atoms with Crippen LogP contribution in [0.1, 0.15) is 19.4 Å². The van der Waals surface area contributed by atoms with Crippen molar-refractivity contribution >= 4 is 29.3 Å². The third-order valence-corrected chi connectivity index (χ3v) is 3.57. The number of halogens is 1. The van der Waals surface area contributed by atoms with Gasteiger partial charge in [0.2, 0.25) is 0 Å². The van der Waals surface area contributed by atoms with Crippen LogP contribution in [0.4, 0.5) is 5.82 Å². The molecule has 1 aromatic carbocycles. The van der Waals surface area contributed by atoms with Crippen molar-refractivity contribution < 1.29 is 19.1 Å². The van der Waals surface area contributed by atoms with Crippen LogP contribution in [0.5, 0.6) is 5.75 Å². The Morgan fingerprint density at radius 2 is 1.92 bits per heavy atom. The van der Waals surface area contributed by atoms with E-state index in [0.29, 0.717) is 16.6 Å². The van der Waals surface area contributed by atoms with Crippen LogP contribution >= 0.6 is 11.6 Å². The topological polar surface area (TPSA) is 77.5 Å². The standard InChI is InChI=1S/C18H19ClN2O4/c1-3-13-4-7-15(8-5-13)24-11-17(22)25-12(2)18(23)21-16-9-6-14(19)10-20-16/h4-10,12H,3,11H2,1-2H3,(H,20,21,23). The van der Waals surface area contributed by atoms with Gasteiger partial charge < -0.3 is 14.8 Å². The molecular formula is C18H19ClN2O4. The lowest BCUT2D eigenvalue weighted by Gasteiger charge is -2.13. The first-order valence-corrected chi connectivity index (χ1v) is 8.19. The lowest BCUT2D eigenvalue weighted by atomic mass is 10.2. The highest BCUT2D eigenvalue weighted by atomic mass is 35.5. The van der Waals surface area contributed by atoms with Crippen molar-refractivity contribution in [2.24, 2.45) is 0 Å². The Labute approximate surface area is 151 Å². The summed E-state index contributed by atoms with van der Waals surface area (Å²) in [5.74, 6) is -0.233. The van der Waals surface area contributed by atoms with E-state index >= 15 is 0 Å². The summed E-state index contributed by atoms with van der Waals surface area (Å²) in [6, 6.07) is 10.6. The van der Waals surface area contributed by atoms with Crippen LogP contribution < -0.4 is 10.1 Å². The minimum absolute atomic E-state index is 0.276. The van der Waals surface area contributed by atoms with Gasteiger partial charge in [0.15, 0.2) is 12.7 Å². The second kappa shape index (κ2) is 9.03. The summed E-state index contributed by atoms with van der Waals surface area (Å²) >= 11 is 5.72. The van der Waals surface area contributed by atoms with Crippen molar-refractivity contribution in [1.29, 1.82) is 0 Å². The third-order valence-electron chi connectivity index (χ3n) is 3.34. The van der Waals surface area contributed by atoms with E-state index in [4.69, 9.17) is 21.1 Å². The number of aryl methyl sites for hydroxylation is 1. The highest BCUT2D eigenvalue weighted by molar-refractivity contribution is 6.30. The molecule has 0 fully saturated rings. The molecule has 2 aromatic rings. The Balaban J connectivity index is 1.78. The number of anilines is 1. The first-order chi connectivity index (χ1) is 12.0. The van der Waals surface area contributed by atoms with Crippen LogP contribution in [0.25, 0.3) is 0 Å². The maximum Gasteiger partial charge on any atom is 0.344 e. The van der Waals surface area contributed by atoms with E-state index in [9.17, 15) is 9.59 Å². The van der Waals surface area contributed by atoms with Crippen molar-refractivity contribution in [2.75, 3.05) is 11.9 Å². The van der Waals surface area contributed by atoms with Gasteiger partial charge in [-0.3, -0.25) is 4.79 Å². The van der Waals surface area contributed by atoms with Crippen LogP contribution in [0, 0.1) is 0 Å². The van der Waals surface area contributed by atoms with Crippen LogP contribution in [-0.2, 0) is 20.7 Å². The zero-order valence-corrected chi connectivity index (χ0v) is 14.7. The fraction of sp³-hybridized carbons (Fsp3) is 0.278. The van der Waals surface area contributed by atoms with E-state index < -0.39 is 18.0 Å². The van der Waals surface area contributed by atoms with E-state index in [1.54, 1.807) is 24.3 Å². The summed E-state index contributed by atoms with van der Waals surface area (Å²) in [7, 11) is 0. The molecule has 7 heteroatoms. The number of pyridine rings is 1. The molecule has 0 spiro atoms. The second-order valence-electron chi connectivity index (χ2n) is 5.27. The number of rotatable bonds is 7. The number of esters is 1. The second-order valence-corrected chi connectivity index (χ2v) is 5.71. The Bertz CT molecular complexity index is 717.